The summed E-state index contributed by atoms with van der Waals surface area (Å²) in [5.41, 5.74) is 17.7. The van der Waals surface area contributed by atoms with E-state index in [9.17, 15) is 67.7 Å². The number of carboxylic acid groups (broad SMARTS) is 2. The smallest absolute Gasteiger partial charge is 0.326 e. The first-order valence-electron chi connectivity index (χ1n) is 27.5. The SMILES string of the molecule is CC(C)[C@H](NC(=O)[C@H](CCCCN)NC(=O)[C@H](C)NC(=O)[C@H](CCC(N)=O)NC(=O)[C@@H]1CCCN1C(=O)[C@@H](NC(=O)[C@@H]1CCCN1C(=O)[C@@H](N)CCC(=O)O)C(C)C)C(=O)N1CCC[C@H]1C(=O)N[C@@H](Cc1ccc(O)cc1)C(=O)O. The Morgan fingerprint density at radius 2 is 1.02 bits per heavy atom. The van der Waals surface area contributed by atoms with Crippen molar-refractivity contribution in [1.29, 1.82) is 0 Å². The van der Waals surface area contributed by atoms with E-state index in [-0.39, 0.29) is 89.7 Å². The highest BCUT2D eigenvalue weighted by molar-refractivity contribution is 5.99. The monoisotopic (exact) mass is 1130 g/mol. The molecule has 0 saturated carbocycles. The molecule has 10 atom stereocenters. The molecule has 3 saturated heterocycles. The van der Waals surface area contributed by atoms with Crippen molar-refractivity contribution in [2.75, 3.05) is 26.2 Å². The summed E-state index contributed by atoms with van der Waals surface area (Å²) in [6.45, 7) is 8.75. The Labute approximate surface area is 464 Å². The van der Waals surface area contributed by atoms with E-state index in [1.165, 1.54) is 45.9 Å². The number of phenolic OH excluding ortho intramolecular Hbond substituents is 1. The molecule has 0 unspecified atom stereocenters. The van der Waals surface area contributed by atoms with Crippen molar-refractivity contribution < 1.29 is 72.9 Å². The van der Waals surface area contributed by atoms with Crippen molar-refractivity contribution in [2.45, 2.75) is 185 Å². The maximum atomic E-state index is 14.2. The van der Waals surface area contributed by atoms with Gasteiger partial charge in [-0.05, 0) is 114 Å². The second-order valence-electron chi connectivity index (χ2n) is 21.5. The van der Waals surface area contributed by atoms with Crippen molar-refractivity contribution >= 4 is 71.0 Å². The summed E-state index contributed by atoms with van der Waals surface area (Å²) in [5, 5.41) is 44.4. The van der Waals surface area contributed by atoms with E-state index < -0.39 is 143 Å². The van der Waals surface area contributed by atoms with Gasteiger partial charge in [-0.2, -0.15) is 0 Å². The van der Waals surface area contributed by atoms with E-state index in [0.29, 0.717) is 37.7 Å². The molecule has 3 aliphatic rings. The van der Waals surface area contributed by atoms with E-state index in [2.05, 4.69) is 31.9 Å². The Bertz CT molecular complexity index is 2410. The van der Waals surface area contributed by atoms with E-state index >= 15 is 0 Å². The second-order valence-corrected chi connectivity index (χ2v) is 21.5. The van der Waals surface area contributed by atoms with Crippen LogP contribution in [0, 0.1) is 11.8 Å². The first kappa shape index (κ1) is 65.1. The number of primary amides is 1. The van der Waals surface area contributed by atoms with Crippen molar-refractivity contribution in [1.82, 2.24) is 46.6 Å². The van der Waals surface area contributed by atoms with Crippen LogP contribution in [-0.4, -0.2) is 188 Å². The van der Waals surface area contributed by atoms with Gasteiger partial charge in [-0.1, -0.05) is 39.8 Å². The quantitative estimate of drug-likeness (QED) is 0.0364. The molecule has 1 aromatic rings. The lowest BCUT2D eigenvalue weighted by Crippen LogP contribution is -2.60. The number of likely N-dealkylation sites (tertiary alicyclic amines) is 3. The van der Waals surface area contributed by atoms with E-state index in [1.54, 1.807) is 27.7 Å². The fourth-order valence-electron chi connectivity index (χ4n) is 10.0. The third kappa shape index (κ3) is 18.6. The van der Waals surface area contributed by atoms with Crippen LogP contribution in [0.15, 0.2) is 24.3 Å². The number of nitrogens with one attached hydrogen (secondary N) is 6. The molecule has 3 fully saturated rings. The van der Waals surface area contributed by atoms with Crippen LogP contribution in [-0.2, 0) is 64.0 Å². The van der Waals surface area contributed by atoms with Crippen molar-refractivity contribution in [2.24, 2.45) is 29.0 Å². The number of rotatable bonds is 30. The van der Waals surface area contributed by atoms with E-state index in [0.717, 1.165) is 0 Å². The highest BCUT2D eigenvalue weighted by Gasteiger charge is 2.44. The molecule has 3 heterocycles. The van der Waals surface area contributed by atoms with Gasteiger partial charge in [0, 0.05) is 38.9 Å². The minimum Gasteiger partial charge on any atom is -0.508 e. The second kappa shape index (κ2) is 30.8. The van der Waals surface area contributed by atoms with Crippen LogP contribution >= 0.6 is 0 Å². The number of carbonyl (C=O) groups excluding carboxylic acids is 10. The zero-order valence-electron chi connectivity index (χ0n) is 46.3. The summed E-state index contributed by atoms with van der Waals surface area (Å²) in [7, 11) is 0. The minimum absolute atomic E-state index is 0.0192. The summed E-state index contributed by atoms with van der Waals surface area (Å²) in [6.07, 6.45) is 1.53. The lowest BCUT2D eigenvalue weighted by Gasteiger charge is -2.33. The number of aromatic hydroxyl groups is 1. The lowest BCUT2D eigenvalue weighted by atomic mass is 10.00. The summed E-state index contributed by atoms with van der Waals surface area (Å²) in [5.74, 6) is -10.7. The Hall–Kier alpha value is -7.42. The Kier molecular flexibility index (Phi) is 25.1. The molecule has 4 rings (SSSR count). The zero-order valence-corrected chi connectivity index (χ0v) is 46.3. The number of phenols is 1. The molecule has 10 amide bonds. The summed E-state index contributed by atoms with van der Waals surface area (Å²) < 4.78 is 0. The number of hydrogen-bond donors (Lipinski definition) is 12. The number of carboxylic acids is 2. The molecule has 0 radical (unpaired) electrons. The van der Waals surface area contributed by atoms with Gasteiger partial charge in [0.2, 0.25) is 59.1 Å². The van der Waals surface area contributed by atoms with Gasteiger partial charge in [0.15, 0.2) is 0 Å². The molecule has 0 aromatic heterocycles. The number of hydrogen-bond acceptors (Lipinski definition) is 15. The molecule has 444 valence electrons. The molecule has 27 nitrogen and oxygen atoms in total. The molecule has 15 N–H and O–H groups in total. The van der Waals surface area contributed by atoms with Crippen LogP contribution < -0.4 is 49.1 Å². The number of aliphatic carboxylic acids is 2. The zero-order chi connectivity index (χ0) is 59.5. The molecule has 0 aliphatic carbocycles. The predicted octanol–water partition coefficient (Wildman–Crippen LogP) is -2.18. The molecule has 3 aliphatic heterocycles. The third-order valence-corrected chi connectivity index (χ3v) is 14.6. The number of benzene rings is 1. The van der Waals surface area contributed by atoms with Crippen LogP contribution in [0.25, 0.3) is 0 Å². The number of amides is 10. The third-order valence-electron chi connectivity index (χ3n) is 14.6. The van der Waals surface area contributed by atoms with Gasteiger partial charge >= 0.3 is 11.9 Å². The van der Waals surface area contributed by atoms with Gasteiger partial charge < -0.3 is 79.1 Å². The van der Waals surface area contributed by atoms with E-state index in [4.69, 9.17) is 22.3 Å². The molecular weight excluding hydrogens is 1040 g/mol. The first-order chi connectivity index (χ1) is 37.7. The maximum absolute atomic E-state index is 14.2. The van der Waals surface area contributed by atoms with Crippen LogP contribution in [0.1, 0.15) is 124 Å². The summed E-state index contributed by atoms with van der Waals surface area (Å²) in [6, 6.07) is -6.27. The molecular formula is C53H82N12O15. The topological polar surface area (TPSA) is 425 Å². The van der Waals surface area contributed by atoms with Crippen LogP contribution in [0.2, 0.25) is 0 Å². The van der Waals surface area contributed by atoms with Crippen LogP contribution in [0.5, 0.6) is 5.75 Å². The van der Waals surface area contributed by atoms with E-state index in [1.807, 2.05) is 0 Å². The molecule has 1 aromatic carbocycles. The summed E-state index contributed by atoms with van der Waals surface area (Å²) >= 11 is 0. The average Bonchev–Trinajstić information content (AvgIpc) is 4.22. The Morgan fingerprint density at radius 3 is 1.50 bits per heavy atom. The standard InChI is InChI=1S/C53H82N12O15/c1-28(2)42(51(77)65-26-10-13-38(65)48(74)60-36(53(79)80)27-31-15-17-32(66)18-16-31)61-46(72)34(11-6-7-23-54)58-44(70)30(5)57-45(71)35(20-21-40(56)67)59-47(73)37-12-9-25-64(37)52(78)43(29(3)4)62-49(75)39-14-8-24-63(39)50(76)33(55)19-22-41(68)69/h15-18,28-30,33-39,42-43,66H,6-14,19-27,54-55H2,1-5H3,(H2,56,67)(H,57,71)(H,58,70)(H,59,73)(H,60,74)(H,61,72)(H,62,75)(H,68,69)(H,79,80)/t30-,33-,34-,35-,36-,37-,38-,39-,42-,43-/m0/s1. The number of unbranched alkanes of at least 4 members (excludes halogenated alkanes) is 1. The Morgan fingerprint density at radius 1 is 0.562 bits per heavy atom. The highest BCUT2D eigenvalue weighted by Crippen LogP contribution is 2.25. The largest absolute Gasteiger partial charge is 0.508 e. The van der Waals surface area contributed by atoms with Gasteiger partial charge in [-0.15, -0.1) is 0 Å². The highest BCUT2D eigenvalue weighted by atomic mass is 16.4. The van der Waals surface area contributed by atoms with Crippen molar-refractivity contribution in [3.8, 4) is 5.75 Å². The fourth-order valence-corrected chi connectivity index (χ4v) is 10.0. The fraction of sp³-hybridized carbons (Fsp3) is 0.660. The van der Waals surface area contributed by atoms with Gasteiger partial charge in [-0.25, -0.2) is 4.79 Å². The minimum atomic E-state index is -1.46. The number of nitrogens with zero attached hydrogens (tertiary/aromatic N) is 3. The average molecular weight is 1130 g/mol. The normalized spacial score (nSPS) is 19.7. The first-order valence-corrected chi connectivity index (χ1v) is 27.5. The van der Waals surface area contributed by atoms with Crippen LogP contribution in [0.3, 0.4) is 0 Å². The van der Waals surface area contributed by atoms with Gasteiger partial charge in [-0.3, -0.25) is 52.7 Å². The molecule has 80 heavy (non-hydrogen) atoms. The molecule has 0 bridgehead atoms. The molecule has 0 spiro atoms. The molecule has 27 heteroatoms. The number of nitrogens with two attached hydrogens (primary N) is 3. The van der Waals surface area contributed by atoms with Crippen LogP contribution in [0.4, 0.5) is 0 Å². The summed E-state index contributed by atoms with van der Waals surface area (Å²) in [4.78, 5) is 164. The van der Waals surface area contributed by atoms with Gasteiger partial charge in [0.05, 0.1) is 6.04 Å². The van der Waals surface area contributed by atoms with Gasteiger partial charge in [0.25, 0.3) is 0 Å². The van der Waals surface area contributed by atoms with Crippen molar-refractivity contribution in [3.05, 3.63) is 29.8 Å². The van der Waals surface area contributed by atoms with Gasteiger partial charge in [0.1, 0.15) is 60.1 Å². The number of carbonyl (C=O) groups is 12. The van der Waals surface area contributed by atoms with Crippen molar-refractivity contribution in [3.63, 3.8) is 0 Å². The Balaban J connectivity index is 1.42. The predicted molar refractivity (Wildman–Crippen MR) is 287 cm³/mol. The maximum Gasteiger partial charge on any atom is 0.326 e. The lowest BCUT2D eigenvalue weighted by molar-refractivity contribution is -0.145.